The van der Waals surface area contributed by atoms with Gasteiger partial charge in [0.1, 0.15) is 11.9 Å². The Morgan fingerprint density at radius 3 is 2.73 bits per heavy atom. The van der Waals surface area contributed by atoms with Gasteiger partial charge < -0.3 is 10.1 Å². The summed E-state index contributed by atoms with van der Waals surface area (Å²) in [5, 5.41) is 5.55. The van der Waals surface area contributed by atoms with Crippen LogP contribution in [-0.4, -0.2) is 34.8 Å². The third-order valence-electron chi connectivity index (χ3n) is 6.05. The quantitative estimate of drug-likeness (QED) is 0.440. The van der Waals surface area contributed by atoms with Crippen LogP contribution in [0.2, 0.25) is 0 Å². The number of rotatable bonds is 7. The van der Waals surface area contributed by atoms with Crippen LogP contribution in [0.1, 0.15) is 24.8 Å². The fraction of sp³-hybridized carbons (Fsp3) is 0.333. The first kappa shape index (κ1) is 19.7. The van der Waals surface area contributed by atoms with E-state index >= 15 is 0 Å². The number of unbranched alkanes of at least 4 members (excludes halogenated alkanes) is 1. The predicted octanol–water partition coefficient (Wildman–Crippen LogP) is 5.45. The second-order valence-corrected chi connectivity index (χ2v) is 9.97. The largest absolute Gasteiger partial charge is 0.489 e. The maximum Gasteiger partial charge on any atom is 0.122 e. The monoisotopic (exact) mass is 424 g/mol. The number of aryl methyl sites for hydroxylation is 1. The number of nitrogens with zero attached hydrogens (tertiary/aromatic N) is 1. The van der Waals surface area contributed by atoms with Gasteiger partial charge in [-0.05, 0) is 61.4 Å². The lowest BCUT2D eigenvalue weighted by Gasteiger charge is -2.39. The highest BCUT2D eigenvalue weighted by Crippen LogP contribution is 2.63. The van der Waals surface area contributed by atoms with E-state index in [0.717, 1.165) is 61.0 Å². The number of hydrogen-bond acceptors (Lipinski definition) is 5. The van der Waals surface area contributed by atoms with Crippen LogP contribution in [0.5, 0.6) is 5.75 Å². The molecule has 3 aromatic rings. The summed E-state index contributed by atoms with van der Waals surface area (Å²) in [6.45, 7) is 2.37. The molecule has 0 aliphatic carbocycles. The number of hydrogen-bond donors (Lipinski definition) is 3. The molecule has 30 heavy (non-hydrogen) atoms. The molecule has 5 nitrogen and oxygen atoms in total. The molecule has 1 atom stereocenters. The summed E-state index contributed by atoms with van der Waals surface area (Å²) in [7, 11) is -2.94. The highest BCUT2D eigenvalue weighted by Gasteiger charge is 2.35. The molecule has 158 valence electrons. The zero-order valence-electron chi connectivity index (χ0n) is 17.0. The molecule has 0 bridgehead atoms. The minimum atomic E-state index is -2.94. The molecular weight excluding hydrogens is 396 g/mol. The van der Waals surface area contributed by atoms with Gasteiger partial charge in [-0.2, -0.15) is 0 Å². The molecule has 2 aliphatic heterocycles. The summed E-state index contributed by atoms with van der Waals surface area (Å²) in [4.78, 5) is 0.656. The van der Waals surface area contributed by atoms with Crippen LogP contribution in [0.15, 0.2) is 65.6 Å². The SMILES string of the molecule is OS1(O)c2cccc3cccc(c23)N1CCCCNCC1CCc2ccccc2O1. The van der Waals surface area contributed by atoms with Gasteiger partial charge in [-0.15, -0.1) is 0 Å². The molecule has 0 amide bonds. The normalized spacial score (nSPS) is 20.1. The Balaban J connectivity index is 1.11. The average Bonchev–Trinajstić information content (AvgIpc) is 2.99. The standard InChI is InChI=1S/C24H28N2O3S/c27-30(28)23-12-6-9-19-8-5-10-21(24(19)23)26(30)16-4-3-15-25-17-20-14-13-18-7-1-2-11-22(18)29-20/h1-2,5-12,20,25,27-28H,3-4,13-17H2. The van der Waals surface area contributed by atoms with Gasteiger partial charge in [0.25, 0.3) is 0 Å². The topological polar surface area (TPSA) is 65.0 Å². The third kappa shape index (κ3) is 3.54. The Labute approximate surface area is 179 Å². The van der Waals surface area contributed by atoms with Crippen molar-refractivity contribution in [2.45, 2.75) is 36.7 Å². The van der Waals surface area contributed by atoms with E-state index in [0.29, 0.717) is 11.4 Å². The first-order chi connectivity index (χ1) is 14.6. The molecule has 2 heterocycles. The number of benzene rings is 3. The highest BCUT2D eigenvalue weighted by atomic mass is 32.3. The van der Waals surface area contributed by atoms with E-state index in [9.17, 15) is 9.11 Å². The molecule has 0 aromatic heterocycles. The highest BCUT2D eigenvalue weighted by molar-refractivity contribution is 8.26. The fourth-order valence-corrected chi connectivity index (χ4v) is 6.32. The van der Waals surface area contributed by atoms with E-state index in [-0.39, 0.29) is 6.10 Å². The molecule has 0 saturated carbocycles. The minimum absolute atomic E-state index is 0.220. The minimum Gasteiger partial charge on any atom is -0.489 e. The van der Waals surface area contributed by atoms with Gasteiger partial charge in [-0.25, -0.2) is 0 Å². The molecule has 0 radical (unpaired) electrons. The van der Waals surface area contributed by atoms with Crippen molar-refractivity contribution in [2.75, 3.05) is 23.9 Å². The zero-order valence-corrected chi connectivity index (χ0v) is 17.8. The second-order valence-electron chi connectivity index (χ2n) is 8.05. The summed E-state index contributed by atoms with van der Waals surface area (Å²) in [5.74, 6) is 1.02. The van der Waals surface area contributed by atoms with Crippen LogP contribution in [0.25, 0.3) is 10.8 Å². The Bertz CT molecular complexity index is 1050. The van der Waals surface area contributed by atoms with Crippen LogP contribution in [-0.2, 0) is 6.42 Å². The molecule has 6 heteroatoms. The van der Waals surface area contributed by atoms with Gasteiger partial charge in [0, 0.05) is 18.5 Å². The number of ether oxygens (including phenoxy) is 1. The Hall–Kier alpha value is -2.25. The summed E-state index contributed by atoms with van der Waals surface area (Å²) >= 11 is 0. The molecule has 0 fully saturated rings. The zero-order chi connectivity index (χ0) is 20.6. The maximum absolute atomic E-state index is 10.9. The maximum atomic E-state index is 10.9. The summed E-state index contributed by atoms with van der Waals surface area (Å²) in [6.07, 6.45) is 4.20. The Morgan fingerprint density at radius 1 is 1.00 bits per heavy atom. The van der Waals surface area contributed by atoms with Crippen LogP contribution < -0.4 is 14.4 Å². The lowest BCUT2D eigenvalue weighted by molar-refractivity contribution is 0.170. The van der Waals surface area contributed by atoms with Crippen LogP contribution >= 0.6 is 10.8 Å². The fourth-order valence-electron chi connectivity index (χ4n) is 4.52. The van der Waals surface area contributed by atoms with Crippen LogP contribution in [0, 0.1) is 0 Å². The van der Waals surface area contributed by atoms with E-state index in [4.69, 9.17) is 4.74 Å². The number of para-hydroxylation sites is 1. The van der Waals surface area contributed by atoms with E-state index in [2.05, 4.69) is 23.5 Å². The van der Waals surface area contributed by atoms with Gasteiger partial charge >= 0.3 is 0 Å². The van der Waals surface area contributed by atoms with E-state index < -0.39 is 10.8 Å². The van der Waals surface area contributed by atoms with Crippen molar-refractivity contribution in [2.24, 2.45) is 0 Å². The lowest BCUT2D eigenvalue weighted by atomic mass is 10.0. The number of nitrogens with one attached hydrogen (secondary N) is 1. The lowest BCUT2D eigenvalue weighted by Crippen LogP contribution is -2.34. The van der Waals surface area contributed by atoms with Crippen molar-refractivity contribution < 1.29 is 13.8 Å². The summed E-state index contributed by atoms with van der Waals surface area (Å²) in [5.41, 5.74) is 2.24. The second kappa shape index (κ2) is 8.12. The van der Waals surface area contributed by atoms with Crippen LogP contribution in [0.3, 0.4) is 0 Å². The van der Waals surface area contributed by atoms with E-state index in [1.165, 1.54) is 5.56 Å². The summed E-state index contributed by atoms with van der Waals surface area (Å²) < 4.78 is 29.6. The molecule has 0 saturated heterocycles. The molecule has 5 rings (SSSR count). The first-order valence-electron chi connectivity index (χ1n) is 10.7. The van der Waals surface area contributed by atoms with E-state index in [1.54, 1.807) is 4.31 Å². The Kier molecular flexibility index (Phi) is 5.33. The van der Waals surface area contributed by atoms with Crippen molar-refractivity contribution in [3.63, 3.8) is 0 Å². The van der Waals surface area contributed by atoms with Gasteiger partial charge in [-0.3, -0.25) is 13.4 Å². The van der Waals surface area contributed by atoms with Gasteiger partial charge in [-0.1, -0.05) is 53.2 Å². The third-order valence-corrected chi connectivity index (χ3v) is 7.98. The molecule has 3 N–H and O–H groups in total. The van der Waals surface area contributed by atoms with Crippen LogP contribution in [0.4, 0.5) is 5.69 Å². The molecule has 3 aromatic carbocycles. The van der Waals surface area contributed by atoms with Crippen molar-refractivity contribution in [1.82, 2.24) is 5.32 Å². The smallest absolute Gasteiger partial charge is 0.122 e. The molecule has 0 spiro atoms. The number of fused-ring (bicyclic) bond motifs is 1. The summed E-state index contributed by atoms with van der Waals surface area (Å²) in [6, 6.07) is 20.0. The van der Waals surface area contributed by atoms with Crippen molar-refractivity contribution in [3.8, 4) is 5.75 Å². The van der Waals surface area contributed by atoms with Gasteiger partial charge in [0.2, 0.25) is 0 Å². The predicted molar refractivity (Wildman–Crippen MR) is 124 cm³/mol. The average molecular weight is 425 g/mol. The van der Waals surface area contributed by atoms with Gasteiger partial charge in [0.15, 0.2) is 0 Å². The van der Waals surface area contributed by atoms with Crippen molar-refractivity contribution in [1.29, 1.82) is 0 Å². The Morgan fingerprint density at radius 2 is 1.83 bits per heavy atom. The van der Waals surface area contributed by atoms with Gasteiger partial charge in [0.05, 0.1) is 10.6 Å². The molecule has 2 aliphatic rings. The first-order valence-corrected chi connectivity index (χ1v) is 12.2. The van der Waals surface area contributed by atoms with E-state index in [1.807, 2.05) is 42.5 Å². The molecular formula is C24H28N2O3S. The van der Waals surface area contributed by atoms with Crippen molar-refractivity contribution in [3.05, 3.63) is 66.2 Å². The number of anilines is 1. The molecule has 1 unspecified atom stereocenters. The van der Waals surface area contributed by atoms with Crippen molar-refractivity contribution >= 4 is 27.2 Å².